The highest BCUT2D eigenvalue weighted by molar-refractivity contribution is 7.83. The summed E-state index contributed by atoms with van der Waals surface area (Å²) in [5.41, 5.74) is 0. The second-order valence-corrected chi connectivity index (χ2v) is 4.61. The summed E-state index contributed by atoms with van der Waals surface area (Å²) < 4.78 is 31.4. The molecule has 7 heteroatoms. The molecule has 0 aliphatic carbocycles. The van der Waals surface area contributed by atoms with Crippen LogP contribution in [0.1, 0.15) is 6.42 Å². The van der Waals surface area contributed by atoms with Crippen LogP contribution in [0.25, 0.3) is 0 Å². The summed E-state index contributed by atoms with van der Waals surface area (Å²) in [4.78, 5) is 5.09. The summed E-state index contributed by atoms with van der Waals surface area (Å²) in [5, 5.41) is 1.77. The van der Waals surface area contributed by atoms with E-state index in [1.54, 1.807) is 5.06 Å². The van der Waals surface area contributed by atoms with Crippen LogP contribution in [0.3, 0.4) is 0 Å². The standard InChI is InChI=1S/C5H8N2O4S/c8-12(9,10)7-3-1-2-6-4(3)5(7)11-6/h3-5H,1-2H2,(H,8,9,10)/t3-,4+,5?/m1/s1. The molecule has 1 unspecified atom stereocenters. The Balaban J connectivity index is 1.93. The van der Waals surface area contributed by atoms with Crippen molar-refractivity contribution in [3.05, 3.63) is 0 Å². The summed E-state index contributed by atoms with van der Waals surface area (Å²) in [7, 11) is -4.05. The average molecular weight is 192 g/mol. The van der Waals surface area contributed by atoms with E-state index in [0.717, 1.165) is 17.3 Å². The van der Waals surface area contributed by atoms with Crippen molar-refractivity contribution < 1.29 is 17.8 Å². The molecule has 3 rings (SSSR count). The largest absolute Gasteiger partial charge is 0.338 e. The monoisotopic (exact) mass is 192 g/mol. The number of nitrogens with zero attached hydrogens (tertiary/aromatic N) is 2. The first-order chi connectivity index (χ1) is 5.59. The molecule has 3 aliphatic rings. The van der Waals surface area contributed by atoms with Crippen LogP contribution < -0.4 is 0 Å². The van der Waals surface area contributed by atoms with Crippen LogP contribution in [-0.2, 0) is 15.1 Å². The second kappa shape index (κ2) is 1.83. The molecule has 3 heterocycles. The minimum Gasteiger partial charge on any atom is -0.276 e. The molecule has 0 aromatic rings. The summed E-state index contributed by atoms with van der Waals surface area (Å²) in [6, 6.07) is 0.144. The zero-order valence-corrected chi connectivity index (χ0v) is 6.94. The van der Waals surface area contributed by atoms with Gasteiger partial charge < -0.3 is 0 Å². The lowest BCUT2D eigenvalue weighted by Crippen LogP contribution is -2.78. The summed E-state index contributed by atoms with van der Waals surface area (Å²) in [5.74, 6) is 0. The van der Waals surface area contributed by atoms with Gasteiger partial charge in [-0.1, -0.05) is 0 Å². The van der Waals surface area contributed by atoms with Gasteiger partial charge in [0.2, 0.25) is 0 Å². The fraction of sp³-hybridized carbons (Fsp3) is 1.00. The summed E-state index contributed by atoms with van der Waals surface area (Å²) in [6.45, 7) is 0.762. The molecule has 12 heavy (non-hydrogen) atoms. The Hall–Kier alpha value is -0.210. The van der Waals surface area contributed by atoms with E-state index >= 15 is 0 Å². The van der Waals surface area contributed by atoms with Gasteiger partial charge in [0.15, 0.2) is 6.23 Å². The quantitative estimate of drug-likeness (QED) is 0.529. The van der Waals surface area contributed by atoms with E-state index in [4.69, 9.17) is 9.39 Å². The molecular formula is C5H8N2O4S. The Morgan fingerprint density at radius 2 is 2.25 bits per heavy atom. The topological polar surface area (TPSA) is 70.1 Å². The van der Waals surface area contributed by atoms with Gasteiger partial charge in [-0.2, -0.15) is 13.5 Å². The number of hydrogen-bond donors (Lipinski definition) is 1. The Morgan fingerprint density at radius 3 is 2.92 bits per heavy atom. The summed E-state index contributed by atoms with van der Waals surface area (Å²) in [6.07, 6.45) is 0.327. The van der Waals surface area contributed by atoms with Crippen molar-refractivity contribution in [3.8, 4) is 0 Å². The minimum absolute atomic E-state index is 0.0567. The third-order valence-corrected chi connectivity index (χ3v) is 3.76. The van der Waals surface area contributed by atoms with Crippen LogP contribution in [0, 0.1) is 0 Å². The Morgan fingerprint density at radius 1 is 1.50 bits per heavy atom. The van der Waals surface area contributed by atoms with Crippen molar-refractivity contribution in [1.29, 1.82) is 0 Å². The van der Waals surface area contributed by atoms with Gasteiger partial charge in [-0.3, -0.25) is 9.39 Å². The maximum atomic E-state index is 10.8. The van der Waals surface area contributed by atoms with Gasteiger partial charge in [0.05, 0.1) is 12.1 Å². The van der Waals surface area contributed by atoms with E-state index in [0.29, 0.717) is 0 Å². The molecular weight excluding hydrogens is 184 g/mol. The Labute approximate surface area is 69.5 Å². The molecule has 1 N–H and O–H groups in total. The van der Waals surface area contributed by atoms with E-state index in [9.17, 15) is 8.42 Å². The first kappa shape index (κ1) is 7.22. The van der Waals surface area contributed by atoms with Crippen molar-refractivity contribution in [2.75, 3.05) is 6.54 Å². The van der Waals surface area contributed by atoms with Crippen molar-refractivity contribution in [3.63, 3.8) is 0 Å². The number of hydrogen-bond acceptors (Lipinski definition) is 4. The van der Waals surface area contributed by atoms with Crippen LogP contribution in [0.5, 0.6) is 0 Å². The van der Waals surface area contributed by atoms with E-state index < -0.39 is 16.5 Å². The smallest absolute Gasteiger partial charge is 0.276 e. The molecule has 68 valence electrons. The van der Waals surface area contributed by atoms with E-state index in [-0.39, 0.29) is 12.1 Å². The van der Waals surface area contributed by atoms with Crippen LogP contribution in [0.4, 0.5) is 0 Å². The van der Waals surface area contributed by atoms with Gasteiger partial charge >= 0.3 is 10.3 Å². The Kier molecular flexibility index (Phi) is 1.10. The molecule has 0 aromatic heterocycles. The average Bonchev–Trinajstić information content (AvgIpc) is 2.15. The lowest BCUT2D eigenvalue weighted by atomic mass is 9.98. The number of rotatable bonds is 1. The van der Waals surface area contributed by atoms with Gasteiger partial charge in [-0.15, -0.1) is 4.31 Å². The second-order valence-electron chi connectivity index (χ2n) is 3.29. The normalized spacial score (nSPS) is 46.6. The fourth-order valence-electron chi connectivity index (χ4n) is 2.23. The lowest BCUT2D eigenvalue weighted by Gasteiger charge is -2.58. The van der Waals surface area contributed by atoms with Crippen molar-refractivity contribution >= 4 is 10.3 Å². The van der Waals surface area contributed by atoms with E-state index in [1.807, 2.05) is 0 Å². The molecule has 3 aliphatic heterocycles. The third kappa shape index (κ3) is 0.625. The van der Waals surface area contributed by atoms with Gasteiger partial charge in [-0.05, 0) is 6.42 Å². The van der Waals surface area contributed by atoms with Gasteiger partial charge in [0.1, 0.15) is 0 Å². The molecule has 3 saturated heterocycles. The zero-order valence-electron chi connectivity index (χ0n) is 6.12. The van der Waals surface area contributed by atoms with E-state index in [2.05, 4.69) is 0 Å². The number of hydroxylamine groups is 2. The summed E-state index contributed by atoms with van der Waals surface area (Å²) >= 11 is 0. The van der Waals surface area contributed by atoms with Gasteiger partial charge in [-0.25, -0.2) is 0 Å². The van der Waals surface area contributed by atoms with Crippen LogP contribution in [-0.4, -0.2) is 47.2 Å². The first-order valence-corrected chi connectivity index (χ1v) is 5.18. The lowest BCUT2D eigenvalue weighted by molar-refractivity contribution is -0.399. The molecule has 6 nitrogen and oxygen atoms in total. The first-order valence-electron chi connectivity index (χ1n) is 3.78. The fourth-order valence-corrected chi connectivity index (χ4v) is 3.23. The molecule has 0 bridgehead atoms. The molecule has 0 spiro atoms. The maximum Gasteiger partial charge on any atom is 0.338 e. The SMILES string of the molecule is O=S(=O)(O)N1C2ON3CC[C@@H]1[C@@H]23. The maximum absolute atomic E-state index is 10.8. The molecule has 0 saturated carbocycles. The molecule has 3 fully saturated rings. The minimum atomic E-state index is -4.05. The van der Waals surface area contributed by atoms with Crippen molar-refractivity contribution in [1.82, 2.24) is 9.37 Å². The van der Waals surface area contributed by atoms with Gasteiger partial charge in [0.25, 0.3) is 0 Å². The third-order valence-electron chi connectivity index (χ3n) is 2.75. The van der Waals surface area contributed by atoms with Crippen molar-refractivity contribution in [2.45, 2.75) is 24.7 Å². The Bertz CT molecular complexity index is 328. The molecule has 0 amide bonds. The van der Waals surface area contributed by atoms with E-state index in [1.165, 1.54) is 0 Å². The van der Waals surface area contributed by atoms with Crippen LogP contribution in [0.2, 0.25) is 0 Å². The molecule has 3 atom stereocenters. The highest BCUT2D eigenvalue weighted by atomic mass is 32.2. The zero-order chi connectivity index (χ0) is 8.51. The van der Waals surface area contributed by atoms with Crippen LogP contribution >= 0.6 is 0 Å². The van der Waals surface area contributed by atoms with Gasteiger partial charge in [0, 0.05) is 6.54 Å². The van der Waals surface area contributed by atoms with Crippen LogP contribution in [0.15, 0.2) is 0 Å². The highest BCUT2D eigenvalue weighted by Crippen LogP contribution is 2.47. The van der Waals surface area contributed by atoms with Crippen molar-refractivity contribution in [2.24, 2.45) is 0 Å². The highest BCUT2D eigenvalue weighted by Gasteiger charge is 2.68. The predicted molar refractivity (Wildman–Crippen MR) is 37.2 cm³/mol. The predicted octanol–water partition coefficient (Wildman–Crippen LogP) is -1.18. The molecule has 0 radical (unpaired) electrons. The molecule has 0 aromatic carbocycles.